The zero-order valence-electron chi connectivity index (χ0n) is 17.7. The summed E-state index contributed by atoms with van der Waals surface area (Å²) in [6.07, 6.45) is 11.1. The molecular weight excluding hydrogens is 354 g/mol. The molecule has 0 bridgehead atoms. The molecule has 1 saturated heterocycles. The van der Waals surface area contributed by atoms with E-state index in [9.17, 15) is 9.59 Å². The standard InChI is InChI=1S/C22H39N3O3/c1-18-7-5-6-10-20(18)28-16-11-23-21(26)17-24-12-14-25(15-13-24)22(27)19-8-3-2-4-9-19/h18-20H,2-17H2,1H3,(H,23,26). The van der Waals surface area contributed by atoms with Gasteiger partial charge < -0.3 is 15.0 Å². The first-order valence-corrected chi connectivity index (χ1v) is 11.5. The first-order chi connectivity index (χ1) is 13.6. The van der Waals surface area contributed by atoms with E-state index in [4.69, 9.17) is 4.74 Å². The molecule has 0 aromatic rings. The van der Waals surface area contributed by atoms with E-state index in [0.29, 0.717) is 37.6 Å². The van der Waals surface area contributed by atoms with Crippen LogP contribution in [-0.2, 0) is 14.3 Å². The number of nitrogens with one attached hydrogen (secondary N) is 1. The van der Waals surface area contributed by atoms with Crippen molar-refractivity contribution < 1.29 is 14.3 Å². The lowest BCUT2D eigenvalue weighted by Gasteiger charge is -2.36. The monoisotopic (exact) mass is 393 g/mol. The predicted molar refractivity (Wildman–Crippen MR) is 110 cm³/mol. The zero-order valence-corrected chi connectivity index (χ0v) is 17.7. The van der Waals surface area contributed by atoms with Crippen LogP contribution in [0.1, 0.15) is 64.7 Å². The molecule has 1 N–H and O–H groups in total. The molecule has 2 saturated carbocycles. The number of carbonyl (C=O) groups is 2. The van der Waals surface area contributed by atoms with Crippen LogP contribution in [0.5, 0.6) is 0 Å². The van der Waals surface area contributed by atoms with Gasteiger partial charge >= 0.3 is 0 Å². The highest BCUT2D eigenvalue weighted by Crippen LogP contribution is 2.26. The summed E-state index contributed by atoms with van der Waals surface area (Å²) in [5, 5.41) is 2.98. The van der Waals surface area contributed by atoms with Crippen LogP contribution >= 0.6 is 0 Å². The quantitative estimate of drug-likeness (QED) is 0.675. The molecule has 0 aromatic heterocycles. The maximum absolute atomic E-state index is 12.6. The maximum Gasteiger partial charge on any atom is 0.234 e. The number of ether oxygens (including phenoxy) is 1. The van der Waals surface area contributed by atoms with Gasteiger partial charge in [-0.15, -0.1) is 0 Å². The summed E-state index contributed by atoms with van der Waals surface area (Å²) in [5.41, 5.74) is 0. The van der Waals surface area contributed by atoms with Gasteiger partial charge in [0, 0.05) is 38.6 Å². The largest absolute Gasteiger partial charge is 0.376 e. The Hall–Kier alpha value is -1.14. The number of hydrogen-bond acceptors (Lipinski definition) is 4. The molecule has 3 fully saturated rings. The second-order valence-corrected chi connectivity index (χ2v) is 8.96. The summed E-state index contributed by atoms with van der Waals surface area (Å²) in [6, 6.07) is 0. The minimum Gasteiger partial charge on any atom is -0.376 e. The third-order valence-electron chi connectivity index (χ3n) is 6.79. The smallest absolute Gasteiger partial charge is 0.234 e. The minimum atomic E-state index is 0.0624. The maximum atomic E-state index is 12.6. The van der Waals surface area contributed by atoms with E-state index in [1.54, 1.807) is 0 Å². The number of carbonyl (C=O) groups excluding carboxylic acids is 2. The minimum absolute atomic E-state index is 0.0624. The number of piperazine rings is 1. The molecule has 2 unspecified atom stereocenters. The van der Waals surface area contributed by atoms with Crippen molar-refractivity contribution >= 4 is 11.8 Å². The van der Waals surface area contributed by atoms with E-state index in [-0.39, 0.29) is 11.8 Å². The Morgan fingerprint density at radius 2 is 1.61 bits per heavy atom. The van der Waals surface area contributed by atoms with Gasteiger partial charge in [-0.1, -0.05) is 39.0 Å². The molecule has 2 atom stereocenters. The van der Waals surface area contributed by atoms with E-state index in [1.807, 2.05) is 4.90 Å². The molecule has 2 aliphatic carbocycles. The van der Waals surface area contributed by atoms with Gasteiger partial charge in [0.05, 0.1) is 19.3 Å². The average molecular weight is 394 g/mol. The van der Waals surface area contributed by atoms with E-state index in [2.05, 4.69) is 17.1 Å². The molecule has 0 spiro atoms. The van der Waals surface area contributed by atoms with Crippen LogP contribution in [0, 0.1) is 11.8 Å². The molecule has 6 nitrogen and oxygen atoms in total. The molecule has 1 aliphatic heterocycles. The van der Waals surface area contributed by atoms with Crippen molar-refractivity contribution in [1.82, 2.24) is 15.1 Å². The Balaban J connectivity index is 1.26. The zero-order chi connectivity index (χ0) is 19.8. The van der Waals surface area contributed by atoms with Gasteiger partial charge in [-0.05, 0) is 31.6 Å². The molecule has 2 amide bonds. The molecule has 3 rings (SSSR count). The van der Waals surface area contributed by atoms with E-state index in [1.165, 1.54) is 38.5 Å². The Bertz CT molecular complexity index is 499. The number of hydrogen-bond donors (Lipinski definition) is 1. The molecular formula is C22H39N3O3. The molecule has 0 radical (unpaired) electrons. The van der Waals surface area contributed by atoms with Gasteiger partial charge in [0.25, 0.3) is 0 Å². The highest BCUT2D eigenvalue weighted by Gasteiger charge is 2.28. The van der Waals surface area contributed by atoms with Crippen LogP contribution in [-0.4, -0.2) is 73.6 Å². The molecule has 6 heteroatoms. The average Bonchev–Trinajstić information content (AvgIpc) is 2.73. The molecule has 3 aliphatic rings. The highest BCUT2D eigenvalue weighted by molar-refractivity contribution is 5.79. The summed E-state index contributed by atoms with van der Waals surface area (Å²) in [4.78, 5) is 29.0. The van der Waals surface area contributed by atoms with Gasteiger partial charge in [-0.3, -0.25) is 14.5 Å². The lowest BCUT2D eigenvalue weighted by molar-refractivity contribution is -0.138. The molecule has 160 valence electrons. The van der Waals surface area contributed by atoms with Crippen molar-refractivity contribution in [3.63, 3.8) is 0 Å². The van der Waals surface area contributed by atoms with E-state index < -0.39 is 0 Å². The third-order valence-corrected chi connectivity index (χ3v) is 6.79. The Morgan fingerprint density at radius 1 is 0.929 bits per heavy atom. The fourth-order valence-electron chi connectivity index (χ4n) is 4.92. The van der Waals surface area contributed by atoms with E-state index in [0.717, 1.165) is 45.4 Å². The molecule has 1 heterocycles. The van der Waals surface area contributed by atoms with Gasteiger partial charge in [0.15, 0.2) is 0 Å². The van der Waals surface area contributed by atoms with Crippen molar-refractivity contribution in [3.8, 4) is 0 Å². The van der Waals surface area contributed by atoms with Crippen molar-refractivity contribution in [2.75, 3.05) is 45.9 Å². The van der Waals surface area contributed by atoms with Crippen LogP contribution in [0.4, 0.5) is 0 Å². The van der Waals surface area contributed by atoms with Crippen molar-refractivity contribution in [3.05, 3.63) is 0 Å². The summed E-state index contributed by atoms with van der Waals surface area (Å²) in [5.74, 6) is 1.29. The van der Waals surface area contributed by atoms with Crippen LogP contribution in [0.25, 0.3) is 0 Å². The van der Waals surface area contributed by atoms with Gasteiger partial charge in [0.1, 0.15) is 0 Å². The van der Waals surface area contributed by atoms with Crippen LogP contribution in [0.2, 0.25) is 0 Å². The third kappa shape index (κ3) is 6.45. The fraction of sp³-hybridized carbons (Fsp3) is 0.909. The summed E-state index contributed by atoms with van der Waals surface area (Å²) in [6.45, 7) is 6.97. The van der Waals surface area contributed by atoms with E-state index >= 15 is 0 Å². The normalized spacial score (nSPS) is 27.5. The Labute approximate surface area is 170 Å². The summed E-state index contributed by atoms with van der Waals surface area (Å²) < 4.78 is 5.96. The van der Waals surface area contributed by atoms with Crippen LogP contribution < -0.4 is 5.32 Å². The lowest BCUT2D eigenvalue weighted by atomic mass is 9.88. The SMILES string of the molecule is CC1CCCCC1OCCNC(=O)CN1CCN(C(=O)C2CCCCC2)CC1. The predicted octanol–water partition coefficient (Wildman–Crippen LogP) is 2.42. The number of nitrogens with zero attached hydrogens (tertiary/aromatic N) is 2. The van der Waals surface area contributed by atoms with Gasteiger partial charge in [-0.2, -0.15) is 0 Å². The van der Waals surface area contributed by atoms with Crippen molar-refractivity contribution in [2.45, 2.75) is 70.8 Å². The van der Waals surface area contributed by atoms with Crippen molar-refractivity contribution in [2.24, 2.45) is 11.8 Å². The molecule has 28 heavy (non-hydrogen) atoms. The Morgan fingerprint density at radius 3 is 2.32 bits per heavy atom. The first-order valence-electron chi connectivity index (χ1n) is 11.5. The lowest BCUT2D eigenvalue weighted by Crippen LogP contribution is -2.52. The van der Waals surface area contributed by atoms with Gasteiger partial charge in [0.2, 0.25) is 11.8 Å². The van der Waals surface area contributed by atoms with Crippen LogP contribution in [0.3, 0.4) is 0 Å². The summed E-state index contributed by atoms with van der Waals surface area (Å²) >= 11 is 0. The second kappa shape index (κ2) is 11.1. The van der Waals surface area contributed by atoms with Crippen molar-refractivity contribution in [1.29, 1.82) is 0 Å². The summed E-state index contributed by atoms with van der Waals surface area (Å²) in [7, 11) is 0. The first kappa shape index (κ1) is 21.6. The van der Waals surface area contributed by atoms with Crippen LogP contribution in [0.15, 0.2) is 0 Å². The van der Waals surface area contributed by atoms with Gasteiger partial charge in [-0.25, -0.2) is 0 Å². The highest BCUT2D eigenvalue weighted by atomic mass is 16.5. The number of rotatable bonds is 7. The number of amides is 2. The fourth-order valence-corrected chi connectivity index (χ4v) is 4.92. The molecule has 0 aromatic carbocycles. The second-order valence-electron chi connectivity index (χ2n) is 8.96. The topological polar surface area (TPSA) is 61.9 Å². The Kier molecular flexibility index (Phi) is 8.59.